The summed E-state index contributed by atoms with van der Waals surface area (Å²) in [6.45, 7) is 2.63. The lowest BCUT2D eigenvalue weighted by atomic mass is 10.1. The molecule has 0 bridgehead atoms. The van der Waals surface area contributed by atoms with Crippen LogP contribution in [0.5, 0.6) is 0 Å². The molecular weight excluding hydrogens is 238 g/mol. The van der Waals surface area contributed by atoms with Crippen molar-refractivity contribution in [1.82, 2.24) is 4.98 Å². The zero-order valence-corrected chi connectivity index (χ0v) is 10.5. The van der Waals surface area contributed by atoms with Gasteiger partial charge in [0.05, 0.1) is 4.92 Å². The number of aromatic nitrogens is 1. The van der Waals surface area contributed by atoms with Gasteiger partial charge in [0, 0.05) is 12.1 Å². The lowest BCUT2D eigenvalue weighted by molar-refractivity contribution is -0.385. The molecule has 1 aromatic rings. The van der Waals surface area contributed by atoms with Crippen LogP contribution in [0.2, 0.25) is 0 Å². The number of pyridine rings is 1. The van der Waals surface area contributed by atoms with Crippen LogP contribution in [0.3, 0.4) is 0 Å². The van der Waals surface area contributed by atoms with E-state index in [1.807, 2.05) is 11.8 Å². The smallest absolute Gasteiger partial charge is 0.290 e. The molecule has 1 saturated heterocycles. The summed E-state index contributed by atoms with van der Waals surface area (Å²) in [5.41, 5.74) is 0.722. The van der Waals surface area contributed by atoms with Gasteiger partial charge in [0.25, 0.3) is 5.69 Å². The zero-order chi connectivity index (χ0) is 12.3. The van der Waals surface area contributed by atoms with Crippen LogP contribution >= 0.6 is 11.8 Å². The van der Waals surface area contributed by atoms with Gasteiger partial charge in [-0.1, -0.05) is 0 Å². The second-order valence-electron chi connectivity index (χ2n) is 4.22. The first-order chi connectivity index (χ1) is 8.16. The monoisotopic (exact) mass is 253 g/mol. The van der Waals surface area contributed by atoms with Gasteiger partial charge in [-0.3, -0.25) is 10.1 Å². The van der Waals surface area contributed by atoms with Gasteiger partial charge in [-0.25, -0.2) is 4.98 Å². The minimum Gasteiger partial charge on any atom is -0.370 e. The Balaban J connectivity index is 1.97. The van der Waals surface area contributed by atoms with Crippen LogP contribution in [-0.2, 0) is 0 Å². The van der Waals surface area contributed by atoms with Gasteiger partial charge in [-0.2, -0.15) is 11.8 Å². The molecule has 0 aromatic carbocycles. The average molecular weight is 253 g/mol. The van der Waals surface area contributed by atoms with E-state index in [0.29, 0.717) is 11.5 Å². The highest BCUT2D eigenvalue weighted by molar-refractivity contribution is 7.99. The maximum absolute atomic E-state index is 10.6. The van der Waals surface area contributed by atoms with Crippen LogP contribution in [0.1, 0.15) is 12.0 Å². The van der Waals surface area contributed by atoms with Gasteiger partial charge < -0.3 is 5.32 Å². The molecule has 0 radical (unpaired) electrons. The molecule has 1 aliphatic rings. The Morgan fingerprint density at radius 3 is 3.12 bits per heavy atom. The van der Waals surface area contributed by atoms with Gasteiger partial charge in [0.1, 0.15) is 12.0 Å². The van der Waals surface area contributed by atoms with Crippen molar-refractivity contribution in [1.29, 1.82) is 0 Å². The van der Waals surface area contributed by atoms with Gasteiger partial charge in [0.2, 0.25) is 0 Å². The lowest BCUT2D eigenvalue weighted by Gasteiger charge is -2.10. The third-order valence-corrected chi connectivity index (χ3v) is 4.11. The van der Waals surface area contributed by atoms with E-state index in [1.165, 1.54) is 24.1 Å². The van der Waals surface area contributed by atoms with E-state index in [4.69, 9.17) is 0 Å². The Morgan fingerprint density at radius 2 is 2.53 bits per heavy atom. The number of nitrogens with zero attached hydrogens (tertiary/aromatic N) is 2. The molecule has 1 aromatic heterocycles. The summed E-state index contributed by atoms with van der Waals surface area (Å²) >= 11 is 1.98. The minimum atomic E-state index is -0.403. The Hall–Kier alpha value is -1.30. The van der Waals surface area contributed by atoms with E-state index in [9.17, 15) is 10.1 Å². The highest BCUT2D eigenvalue weighted by Gasteiger charge is 2.16. The molecule has 0 saturated carbocycles. The molecule has 1 N–H and O–H groups in total. The quantitative estimate of drug-likeness (QED) is 0.659. The maximum Gasteiger partial charge on any atom is 0.290 e. The standard InChI is InChI=1S/C11H15N3O2S/c1-8-4-11(13-6-10(8)14(15)16)12-5-9-2-3-17-7-9/h4,6,9H,2-3,5,7H2,1H3,(H,12,13). The van der Waals surface area contributed by atoms with Gasteiger partial charge in [-0.05, 0) is 36.8 Å². The van der Waals surface area contributed by atoms with Crippen molar-refractivity contribution in [2.45, 2.75) is 13.3 Å². The Kier molecular flexibility index (Phi) is 3.83. The second kappa shape index (κ2) is 5.35. The summed E-state index contributed by atoms with van der Waals surface area (Å²) in [5.74, 6) is 3.85. The SMILES string of the molecule is Cc1cc(NCC2CCSC2)ncc1[N+](=O)[O-]. The second-order valence-corrected chi connectivity index (χ2v) is 5.37. The fraction of sp³-hybridized carbons (Fsp3) is 0.545. The summed E-state index contributed by atoms with van der Waals surface area (Å²) in [4.78, 5) is 14.3. The van der Waals surface area contributed by atoms with E-state index in [0.717, 1.165) is 12.4 Å². The highest BCUT2D eigenvalue weighted by atomic mass is 32.2. The normalized spacial score (nSPS) is 19.2. The first kappa shape index (κ1) is 12.2. The summed E-state index contributed by atoms with van der Waals surface area (Å²) in [6.07, 6.45) is 2.56. The number of anilines is 1. The Labute approximate surface area is 104 Å². The molecule has 0 aliphatic carbocycles. The van der Waals surface area contributed by atoms with E-state index >= 15 is 0 Å². The number of hydrogen-bond acceptors (Lipinski definition) is 5. The van der Waals surface area contributed by atoms with Crippen molar-refractivity contribution in [3.05, 3.63) is 27.9 Å². The fourth-order valence-electron chi connectivity index (χ4n) is 1.83. The summed E-state index contributed by atoms with van der Waals surface area (Å²) in [7, 11) is 0. The molecule has 2 heterocycles. The predicted octanol–water partition coefficient (Wildman–Crippen LogP) is 2.46. The number of thioether (sulfide) groups is 1. The van der Waals surface area contributed by atoms with Gasteiger partial charge in [-0.15, -0.1) is 0 Å². The number of nitro groups is 1. The van der Waals surface area contributed by atoms with E-state index in [-0.39, 0.29) is 5.69 Å². The molecule has 1 fully saturated rings. The van der Waals surface area contributed by atoms with Crippen LogP contribution < -0.4 is 5.32 Å². The molecule has 1 atom stereocenters. The molecule has 6 heteroatoms. The topological polar surface area (TPSA) is 68.1 Å². The predicted molar refractivity (Wildman–Crippen MR) is 69.6 cm³/mol. The molecule has 92 valence electrons. The van der Waals surface area contributed by atoms with E-state index in [2.05, 4.69) is 10.3 Å². The van der Waals surface area contributed by atoms with Crippen LogP contribution in [-0.4, -0.2) is 28.0 Å². The number of aryl methyl sites for hydroxylation is 1. The fourth-order valence-corrected chi connectivity index (χ4v) is 3.11. The third kappa shape index (κ3) is 3.09. The van der Waals surface area contributed by atoms with Gasteiger partial charge >= 0.3 is 0 Å². The zero-order valence-electron chi connectivity index (χ0n) is 9.68. The largest absolute Gasteiger partial charge is 0.370 e. The summed E-state index contributed by atoms with van der Waals surface area (Å²) in [6, 6.07) is 1.74. The maximum atomic E-state index is 10.6. The Bertz CT molecular complexity index is 419. The van der Waals surface area contributed by atoms with Crippen LogP contribution in [0.4, 0.5) is 11.5 Å². The van der Waals surface area contributed by atoms with Gasteiger partial charge in [0.15, 0.2) is 0 Å². The number of nitrogens with one attached hydrogen (secondary N) is 1. The number of hydrogen-bond donors (Lipinski definition) is 1. The Morgan fingerprint density at radius 1 is 1.71 bits per heavy atom. The van der Waals surface area contributed by atoms with E-state index < -0.39 is 4.92 Å². The number of rotatable bonds is 4. The minimum absolute atomic E-state index is 0.0759. The molecule has 1 aliphatic heterocycles. The van der Waals surface area contributed by atoms with Crippen molar-refractivity contribution in [3.8, 4) is 0 Å². The molecule has 1 unspecified atom stereocenters. The third-order valence-electron chi connectivity index (χ3n) is 2.88. The van der Waals surface area contributed by atoms with Crippen molar-refractivity contribution >= 4 is 23.3 Å². The van der Waals surface area contributed by atoms with Crippen LogP contribution in [0, 0.1) is 23.0 Å². The first-order valence-corrected chi connectivity index (χ1v) is 6.75. The summed E-state index contributed by atoms with van der Waals surface area (Å²) in [5, 5.41) is 13.9. The lowest BCUT2D eigenvalue weighted by Crippen LogP contribution is -2.14. The summed E-state index contributed by atoms with van der Waals surface area (Å²) < 4.78 is 0. The van der Waals surface area contributed by atoms with Crippen LogP contribution in [0.25, 0.3) is 0 Å². The molecular formula is C11H15N3O2S. The van der Waals surface area contributed by atoms with Crippen molar-refractivity contribution in [2.24, 2.45) is 5.92 Å². The van der Waals surface area contributed by atoms with Crippen molar-refractivity contribution < 1.29 is 4.92 Å². The van der Waals surface area contributed by atoms with Crippen LogP contribution in [0.15, 0.2) is 12.3 Å². The van der Waals surface area contributed by atoms with Crippen molar-refractivity contribution in [3.63, 3.8) is 0 Å². The first-order valence-electron chi connectivity index (χ1n) is 5.59. The highest BCUT2D eigenvalue weighted by Crippen LogP contribution is 2.24. The molecule has 2 rings (SSSR count). The van der Waals surface area contributed by atoms with Crippen molar-refractivity contribution in [2.75, 3.05) is 23.4 Å². The average Bonchev–Trinajstić information content (AvgIpc) is 2.78. The molecule has 0 spiro atoms. The molecule has 17 heavy (non-hydrogen) atoms. The molecule has 0 amide bonds. The molecule has 5 nitrogen and oxygen atoms in total. The van der Waals surface area contributed by atoms with E-state index in [1.54, 1.807) is 13.0 Å².